The summed E-state index contributed by atoms with van der Waals surface area (Å²) in [6.07, 6.45) is 4.17. The van der Waals surface area contributed by atoms with E-state index < -0.39 is 0 Å². The van der Waals surface area contributed by atoms with Crippen molar-refractivity contribution in [2.24, 2.45) is 5.73 Å². The topological polar surface area (TPSA) is 71.2 Å². The highest BCUT2D eigenvalue weighted by Crippen LogP contribution is 2.29. The van der Waals surface area contributed by atoms with Crippen molar-refractivity contribution in [3.63, 3.8) is 0 Å². The quantitative estimate of drug-likeness (QED) is 0.813. The van der Waals surface area contributed by atoms with Gasteiger partial charge in [-0.15, -0.1) is 0 Å². The Hall–Kier alpha value is -1.69. The molecule has 2 heterocycles. The van der Waals surface area contributed by atoms with Crippen LogP contribution < -0.4 is 16.0 Å². The minimum atomic E-state index is 0.0123. The second kappa shape index (κ2) is 5.60. The first kappa shape index (κ1) is 14.3. The highest BCUT2D eigenvalue weighted by Gasteiger charge is 2.28. The van der Waals surface area contributed by atoms with Gasteiger partial charge in [-0.25, -0.2) is 4.98 Å². The Bertz CT molecular complexity index is 602. The van der Waals surface area contributed by atoms with E-state index in [-0.39, 0.29) is 11.9 Å². The number of amides is 1. The number of aromatic nitrogens is 1. The van der Waals surface area contributed by atoms with Gasteiger partial charge in [0, 0.05) is 31.7 Å². The number of carbonyl (C=O) groups is 1. The van der Waals surface area contributed by atoms with Crippen LogP contribution in [0.4, 0.5) is 5.82 Å². The molecule has 1 aromatic heterocycles. The molecule has 1 fully saturated rings. The molecule has 0 spiro atoms. The Morgan fingerprint density at radius 3 is 3.05 bits per heavy atom. The third-order valence-corrected chi connectivity index (χ3v) is 4.41. The van der Waals surface area contributed by atoms with Gasteiger partial charge in [-0.2, -0.15) is 0 Å². The molecule has 0 radical (unpaired) electrons. The third-order valence-electron chi connectivity index (χ3n) is 4.19. The fourth-order valence-corrected chi connectivity index (χ4v) is 3.39. The van der Waals surface area contributed by atoms with Crippen LogP contribution in [0.25, 0.3) is 0 Å². The molecule has 6 heteroatoms. The van der Waals surface area contributed by atoms with E-state index in [1.165, 1.54) is 11.3 Å². The Balaban J connectivity index is 1.88. The van der Waals surface area contributed by atoms with E-state index in [2.05, 4.69) is 16.3 Å². The summed E-state index contributed by atoms with van der Waals surface area (Å²) in [7, 11) is 0. The highest BCUT2D eigenvalue weighted by atomic mass is 32.1. The lowest BCUT2D eigenvalue weighted by Crippen LogP contribution is -2.36. The number of fused-ring (bicyclic) bond motifs is 1. The van der Waals surface area contributed by atoms with E-state index in [0.29, 0.717) is 4.99 Å². The number of thiocarbonyl (C=S) groups is 1. The number of carbonyl (C=O) groups excluding carboxylic acids is 1. The van der Waals surface area contributed by atoms with Crippen molar-refractivity contribution >= 4 is 28.9 Å². The largest absolute Gasteiger partial charge is 0.389 e. The lowest BCUT2D eigenvalue weighted by atomic mass is 10.1. The summed E-state index contributed by atoms with van der Waals surface area (Å²) in [5, 5.41) is 2.97. The molecule has 0 saturated carbocycles. The number of hydrogen-bond acceptors (Lipinski definition) is 4. The first-order valence-electron chi connectivity index (χ1n) is 7.39. The van der Waals surface area contributed by atoms with Crippen LogP contribution in [0.5, 0.6) is 0 Å². The van der Waals surface area contributed by atoms with Crippen molar-refractivity contribution in [2.75, 3.05) is 18.0 Å². The lowest BCUT2D eigenvalue weighted by molar-refractivity contribution is -0.119. The Kier molecular flexibility index (Phi) is 3.80. The van der Waals surface area contributed by atoms with Crippen LogP contribution in [-0.4, -0.2) is 35.0 Å². The monoisotopic (exact) mass is 304 g/mol. The third kappa shape index (κ3) is 2.85. The van der Waals surface area contributed by atoms with Crippen LogP contribution in [0.1, 0.15) is 36.6 Å². The Labute approximate surface area is 129 Å². The fraction of sp³-hybridized carbons (Fsp3) is 0.533. The maximum Gasteiger partial charge on any atom is 0.217 e. The zero-order valence-electron chi connectivity index (χ0n) is 12.2. The molecule has 21 heavy (non-hydrogen) atoms. The van der Waals surface area contributed by atoms with Crippen molar-refractivity contribution in [3.8, 4) is 0 Å². The number of nitrogens with zero attached hydrogens (tertiary/aromatic N) is 2. The molecule has 5 nitrogen and oxygen atoms in total. The van der Waals surface area contributed by atoms with Crippen molar-refractivity contribution in [3.05, 3.63) is 22.9 Å². The van der Waals surface area contributed by atoms with Crippen LogP contribution in [0, 0.1) is 0 Å². The number of aryl methyl sites for hydroxylation is 2. The van der Waals surface area contributed by atoms with Crippen molar-refractivity contribution in [1.82, 2.24) is 10.3 Å². The summed E-state index contributed by atoms with van der Waals surface area (Å²) in [5.41, 5.74) is 9.21. The lowest BCUT2D eigenvalue weighted by Gasteiger charge is -2.22. The van der Waals surface area contributed by atoms with E-state index in [1.807, 2.05) is 0 Å². The van der Waals surface area contributed by atoms with Gasteiger partial charge in [0.1, 0.15) is 10.8 Å². The summed E-state index contributed by atoms with van der Waals surface area (Å²) < 4.78 is 0. The molecule has 1 atom stereocenters. The molecule has 1 saturated heterocycles. The molecule has 0 bridgehead atoms. The molecule has 3 N–H and O–H groups in total. The zero-order valence-corrected chi connectivity index (χ0v) is 13.0. The van der Waals surface area contributed by atoms with E-state index in [4.69, 9.17) is 22.9 Å². The van der Waals surface area contributed by atoms with Gasteiger partial charge in [0.2, 0.25) is 5.91 Å². The minimum absolute atomic E-state index is 0.0123. The normalized spacial score (nSPS) is 20.4. The predicted octanol–water partition coefficient (Wildman–Crippen LogP) is 0.919. The number of nitrogens with two attached hydrogens (primary N) is 1. The number of pyridine rings is 1. The van der Waals surface area contributed by atoms with Crippen LogP contribution >= 0.6 is 12.2 Å². The zero-order chi connectivity index (χ0) is 15.0. The Morgan fingerprint density at radius 1 is 1.52 bits per heavy atom. The molecule has 3 rings (SSSR count). The average Bonchev–Trinajstić information content (AvgIpc) is 3.04. The minimum Gasteiger partial charge on any atom is -0.389 e. The molecular weight excluding hydrogens is 284 g/mol. The molecule has 112 valence electrons. The molecular formula is C15H20N4OS. The van der Waals surface area contributed by atoms with Crippen molar-refractivity contribution in [2.45, 2.75) is 38.6 Å². The standard InChI is InChI=1S/C15H20N4OS/c1-9(20)17-11-5-6-19(8-11)15-12(14(16)21)7-10-3-2-4-13(10)18-15/h7,11H,2-6,8H2,1H3,(H2,16,21)(H,17,20). The maximum absolute atomic E-state index is 11.2. The molecule has 1 aliphatic carbocycles. The number of anilines is 1. The predicted molar refractivity (Wildman–Crippen MR) is 86.6 cm³/mol. The van der Waals surface area contributed by atoms with Gasteiger partial charge in [-0.05, 0) is 37.3 Å². The van der Waals surface area contributed by atoms with Crippen LogP contribution in [0.15, 0.2) is 6.07 Å². The number of hydrogen-bond donors (Lipinski definition) is 2. The van der Waals surface area contributed by atoms with E-state index >= 15 is 0 Å². The van der Waals surface area contributed by atoms with E-state index in [9.17, 15) is 4.79 Å². The second-order valence-corrected chi connectivity index (χ2v) is 6.26. The highest BCUT2D eigenvalue weighted by molar-refractivity contribution is 7.80. The van der Waals surface area contributed by atoms with Gasteiger partial charge in [0.25, 0.3) is 0 Å². The van der Waals surface area contributed by atoms with Gasteiger partial charge >= 0.3 is 0 Å². The van der Waals surface area contributed by atoms with Gasteiger partial charge in [-0.1, -0.05) is 12.2 Å². The van der Waals surface area contributed by atoms with Gasteiger partial charge < -0.3 is 16.0 Å². The fourth-order valence-electron chi connectivity index (χ4n) is 3.24. The molecule has 2 aliphatic rings. The van der Waals surface area contributed by atoms with Crippen molar-refractivity contribution in [1.29, 1.82) is 0 Å². The summed E-state index contributed by atoms with van der Waals surface area (Å²) in [6.45, 7) is 3.18. The molecule has 1 aliphatic heterocycles. The smallest absolute Gasteiger partial charge is 0.217 e. The molecule has 1 aromatic rings. The van der Waals surface area contributed by atoms with Crippen LogP contribution in [0.2, 0.25) is 0 Å². The molecule has 1 unspecified atom stereocenters. The maximum atomic E-state index is 11.2. The first-order valence-corrected chi connectivity index (χ1v) is 7.80. The number of nitrogens with one attached hydrogen (secondary N) is 1. The summed E-state index contributed by atoms with van der Waals surface area (Å²) >= 11 is 5.20. The van der Waals surface area contributed by atoms with Crippen LogP contribution in [-0.2, 0) is 17.6 Å². The van der Waals surface area contributed by atoms with Gasteiger partial charge in [0.15, 0.2) is 0 Å². The van der Waals surface area contributed by atoms with Gasteiger partial charge in [-0.3, -0.25) is 4.79 Å². The first-order chi connectivity index (χ1) is 10.0. The van der Waals surface area contributed by atoms with E-state index in [1.54, 1.807) is 6.92 Å². The SMILES string of the molecule is CC(=O)NC1CCN(c2nc3c(cc2C(N)=S)CCC3)C1. The summed E-state index contributed by atoms with van der Waals surface area (Å²) in [5.74, 6) is 0.898. The molecule has 1 amide bonds. The molecule has 0 aromatic carbocycles. The average molecular weight is 304 g/mol. The summed E-state index contributed by atoms with van der Waals surface area (Å²) in [6, 6.07) is 2.29. The van der Waals surface area contributed by atoms with Crippen LogP contribution in [0.3, 0.4) is 0 Å². The second-order valence-electron chi connectivity index (χ2n) is 5.82. The number of rotatable bonds is 3. The van der Waals surface area contributed by atoms with Gasteiger partial charge in [0.05, 0.1) is 5.56 Å². The Morgan fingerprint density at radius 2 is 2.33 bits per heavy atom. The van der Waals surface area contributed by atoms with E-state index in [0.717, 1.165) is 50.2 Å². The van der Waals surface area contributed by atoms with Crippen molar-refractivity contribution < 1.29 is 4.79 Å². The summed E-state index contributed by atoms with van der Waals surface area (Å²) in [4.78, 5) is 18.6.